The topological polar surface area (TPSA) is 74.6 Å². The molecule has 0 spiro atoms. The lowest BCUT2D eigenvalue weighted by atomic mass is 9.93. The van der Waals surface area contributed by atoms with Gasteiger partial charge in [0.2, 0.25) is 0 Å². The van der Waals surface area contributed by atoms with Gasteiger partial charge in [0.1, 0.15) is 0 Å². The van der Waals surface area contributed by atoms with E-state index in [-0.39, 0.29) is 5.57 Å². The Balaban J connectivity index is 2.99. The third kappa shape index (κ3) is 2.26. The number of allylic oxidation sites excluding steroid dienone is 2. The smallest absolute Gasteiger partial charge is 0.332 e. The number of aliphatic carboxylic acids is 2. The molecule has 4 nitrogen and oxygen atoms in total. The minimum Gasteiger partial charge on any atom is -0.478 e. The molecule has 0 heterocycles. The molecule has 0 amide bonds. The summed E-state index contributed by atoms with van der Waals surface area (Å²) in [6.45, 7) is 3.14. The molecule has 0 unspecified atom stereocenters. The van der Waals surface area contributed by atoms with Crippen molar-refractivity contribution in [3.05, 3.63) is 23.3 Å². The zero-order valence-corrected chi connectivity index (χ0v) is 8.78. The van der Waals surface area contributed by atoms with Crippen LogP contribution >= 0.6 is 0 Å². The van der Waals surface area contributed by atoms with Crippen molar-refractivity contribution in [1.82, 2.24) is 0 Å². The largest absolute Gasteiger partial charge is 0.478 e. The Morgan fingerprint density at radius 3 is 2.00 bits per heavy atom. The first-order valence-corrected chi connectivity index (χ1v) is 4.76. The highest BCUT2D eigenvalue weighted by molar-refractivity contribution is 5.91. The Hall–Kier alpha value is -1.58. The van der Waals surface area contributed by atoms with E-state index in [0.29, 0.717) is 18.4 Å². The van der Waals surface area contributed by atoms with E-state index in [0.717, 1.165) is 0 Å². The number of rotatable bonds is 4. The van der Waals surface area contributed by atoms with Gasteiger partial charge >= 0.3 is 11.9 Å². The maximum absolute atomic E-state index is 10.9. The molecule has 1 aliphatic rings. The lowest BCUT2D eigenvalue weighted by Gasteiger charge is -2.11. The van der Waals surface area contributed by atoms with E-state index >= 15 is 0 Å². The lowest BCUT2D eigenvalue weighted by molar-refractivity contribution is -0.134. The van der Waals surface area contributed by atoms with Gasteiger partial charge in [-0.15, -0.1) is 0 Å². The molecule has 0 bridgehead atoms. The van der Waals surface area contributed by atoms with E-state index < -0.39 is 17.4 Å². The van der Waals surface area contributed by atoms with Crippen LogP contribution in [-0.4, -0.2) is 22.2 Å². The summed E-state index contributed by atoms with van der Waals surface area (Å²) >= 11 is 0. The van der Waals surface area contributed by atoms with E-state index in [1.54, 1.807) is 19.1 Å². The second-order valence-corrected chi connectivity index (χ2v) is 3.80. The number of carboxylic acids is 2. The standard InChI is InChI=1S/C11H14O4/c1-3-8(10(14)15)11(4-5-11)6-7(2)9(12)13/h3,6H,4-5H2,1-2H3,(H,12,13)(H,14,15). The molecule has 0 saturated heterocycles. The molecular formula is C11H14O4. The van der Waals surface area contributed by atoms with Gasteiger partial charge in [-0.2, -0.15) is 0 Å². The maximum atomic E-state index is 10.9. The zero-order chi connectivity index (χ0) is 11.6. The average Bonchev–Trinajstić information content (AvgIpc) is 2.85. The molecule has 2 N–H and O–H groups in total. The third-order valence-corrected chi connectivity index (χ3v) is 2.67. The lowest BCUT2D eigenvalue weighted by Crippen LogP contribution is -2.13. The van der Waals surface area contributed by atoms with E-state index in [9.17, 15) is 9.59 Å². The Labute approximate surface area is 87.9 Å². The van der Waals surface area contributed by atoms with Gasteiger partial charge in [-0.1, -0.05) is 12.2 Å². The van der Waals surface area contributed by atoms with Crippen molar-refractivity contribution in [2.24, 2.45) is 5.41 Å². The van der Waals surface area contributed by atoms with Crippen LogP contribution in [0.2, 0.25) is 0 Å². The molecule has 0 aromatic rings. The van der Waals surface area contributed by atoms with Crippen LogP contribution in [0.25, 0.3) is 0 Å². The van der Waals surface area contributed by atoms with Crippen LogP contribution in [-0.2, 0) is 9.59 Å². The Bertz CT molecular complexity index is 359. The van der Waals surface area contributed by atoms with Gasteiger partial charge in [-0.3, -0.25) is 0 Å². The van der Waals surface area contributed by atoms with Gasteiger partial charge in [0, 0.05) is 16.6 Å². The fourth-order valence-electron chi connectivity index (χ4n) is 1.73. The van der Waals surface area contributed by atoms with Crippen LogP contribution in [0.5, 0.6) is 0 Å². The van der Waals surface area contributed by atoms with Crippen molar-refractivity contribution in [1.29, 1.82) is 0 Å². The van der Waals surface area contributed by atoms with E-state index in [2.05, 4.69) is 0 Å². The van der Waals surface area contributed by atoms with Crippen molar-refractivity contribution in [2.45, 2.75) is 26.7 Å². The monoisotopic (exact) mass is 210 g/mol. The average molecular weight is 210 g/mol. The summed E-state index contributed by atoms with van der Waals surface area (Å²) in [7, 11) is 0. The number of hydrogen-bond acceptors (Lipinski definition) is 2. The molecular weight excluding hydrogens is 196 g/mol. The zero-order valence-electron chi connectivity index (χ0n) is 8.78. The van der Waals surface area contributed by atoms with Crippen LogP contribution in [0.15, 0.2) is 23.3 Å². The minimum absolute atomic E-state index is 0.202. The predicted molar refractivity (Wildman–Crippen MR) is 54.5 cm³/mol. The second-order valence-electron chi connectivity index (χ2n) is 3.80. The summed E-state index contributed by atoms with van der Waals surface area (Å²) in [5, 5.41) is 17.7. The first-order chi connectivity index (χ1) is 6.93. The number of carbonyl (C=O) groups is 2. The summed E-state index contributed by atoms with van der Waals surface area (Å²) < 4.78 is 0. The van der Waals surface area contributed by atoms with Crippen molar-refractivity contribution in [3.8, 4) is 0 Å². The first-order valence-electron chi connectivity index (χ1n) is 4.76. The normalized spacial score (nSPS) is 19.9. The molecule has 0 aromatic carbocycles. The number of hydrogen-bond donors (Lipinski definition) is 2. The summed E-state index contributed by atoms with van der Waals surface area (Å²) in [6.07, 6.45) is 4.52. The highest BCUT2D eigenvalue weighted by atomic mass is 16.4. The Kier molecular flexibility index (Phi) is 2.98. The summed E-state index contributed by atoms with van der Waals surface area (Å²) in [5.74, 6) is -1.97. The Morgan fingerprint density at radius 2 is 1.73 bits per heavy atom. The molecule has 0 atom stereocenters. The second kappa shape index (κ2) is 3.88. The van der Waals surface area contributed by atoms with E-state index in [4.69, 9.17) is 10.2 Å². The fourth-order valence-corrected chi connectivity index (χ4v) is 1.73. The van der Waals surface area contributed by atoms with Gasteiger partial charge < -0.3 is 10.2 Å². The molecule has 0 aromatic heterocycles. The summed E-state index contributed by atoms with van der Waals surface area (Å²) in [4.78, 5) is 21.6. The van der Waals surface area contributed by atoms with Crippen LogP contribution in [0.4, 0.5) is 0 Å². The predicted octanol–water partition coefficient (Wildman–Crippen LogP) is 1.83. The molecule has 1 fully saturated rings. The van der Waals surface area contributed by atoms with Crippen LogP contribution < -0.4 is 0 Å². The molecule has 0 radical (unpaired) electrons. The maximum Gasteiger partial charge on any atom is 0.332 e. The van der Waals surface area contributed by atoms with Gasteiger partial charge in [0.05, 0.1) is 0 Å². The molecule has 1 rings (SSSR count). The van der Waals surface area contributed by atoms with Gasteiger partial charge in [0.15, 0.2) is 0 Å². The highest BCUT2D eigenvalue weighted by Crippen LogP contribution is 2.53. The van der Waals surface area contributed by atoms with E-state index in [1.807, 2.05) is 0 Å². The van der Waals surface area contributed by atoms with Crippen molar-refractivity contribution in [2.75, 3.05) is 0 Å². The summed E-state index contributed by atoms with van der Waals surface area (Å²) in [6, 6.07) is 0. The molecule has 4 heteroatoms. The van der Waals surface area contributed by atoms with Gasteiger partial charge in [-0.25, -0.2) is 9.59 Å². The quantitative estimate of drug-likeness (QED) is 0.694. The van der Waals surface area contributed by atoms with Crippen LogP contribution in [0.1, 0.15) is 26.7 Å². The van der Waals surface area contributed by atoms with Crippen LogP contribution in [0.3, 0.4) is 0 Å². The van der Waals surface area contributed by atoms with Gasteiger partial charge in [-0.05, 0) is 26.7 Å². The molecule has 0 aliphatic heterocycles. The first kappa shape index (κ1) is 11.5. The highest BCUT2D eigenvalue weighted by Gasteiger charge is 2.46. The molecule has 1 saturated carbocycles. The Morgan fingerprint density at radius 1 is 1.20 bits per heavy atom. The van der Waals surface area contributed by atoms with Crippen molar-refractivity contribution in [3.63, 3.8) is 0 Å². The van der Waals surface area contributed by atoms with Crippen LogP contribution in [0, 0.1) is 5.41 Å². The third-order valence-electron chi connectivity index (χ3n) is 2.67. The summed E-state index contributed by atoms with van der Waals surface area (Å²) in [5.41, 5.74) is -0.0422. The molecule has 82 valence electrons. The molecule has 15 heavy (non-hydrogen) atoms. The van der Waals surface area contributed by atoms with Crippen molar-refractivity contribution < 1.29 is 19.8 Å². The molecule has 1 aliphatic carbocycles. The van der Waals surface area contributed by atoms with Gasteiger partial charge in [0.25, 0.3) is 0 Å². The van der Waals surface area contributed by atoms with Crippen molar-refractivity contribution >= 4 is 11.9 Å². The fraction of sp³-hybridized carbons (Fsp3) is 0.455. The number of carboxylic acid groups (broad SMARTS) is 2. The SMILES string of the molecule is CC=C(C(=O)O)C1(C=C(C)C(=O)O)CC1. The minimum atomic E-state index is -0.998. The van der Waals surface area contributed by atoms with E-state index in [1.165, 1.54) is 6.92 Å².